The first-order valence-electron chi connectivity index (χ1n) is 5.26. The molecule has 0 unspecified atom stereocenters. The summed E-state index contributed by atoms with van der Waals surface area (Å²) in [7, 11) is 0. The number of aryl methyl sites for hydroxylation is 1. The van der Waals surface area contributed by atoms with Crippen LogP contribution in [0.5, 0.6) is 0 Å². The highest BCUT2D eigenvalue weighted by atomic mass is 16.6. The molecule has 0 fully saturated rings. The number of para-hydroxylation sites is 1. The lowest BCUT2D eigenvalue weighted by Gasteiger charge is -2.08. The van der Waals surface area contributed by atoms with Crippen LogP contribution in [0.15, 0.2) is 18.2 Å². The van der Waals surface area contributed by atoms with Crippen LogP contribution in [0.25, 0.3) is 0 Å². The highest BCUT2D eigenvalue weighted by Crippen LogP contribution is 2.17. The predicted octanol–water partition coefficient (Wildman–Crippen LogP) is 1.77. The molecule has 0 spiro atoms. The zero-order chi connectivity index (χ0) is 12.0. The van der Waals surface area contributed by atoms with Crippen molar-refractivity contribution in [3.8, 4) is 0 Å². The minimum Gasteiger partial charge on any atom is -0.460 e. The molecule has 0 aromatic heterocycles. The minimum atomic E-state index is -0.402. The van der Waals surface area contributed by atoms with Gasteiger partial charge in [-0.3, -0.25) is 0 Å². The van der Waals surface area contributed by atoms with Crippen molar-refractivity contribution in [2.75, 3.05) is 25.6 Å². The fourth-order valence-electron chi connectivity index (χ4n) is 1.27. The summed E-state index contributed by atoms with van der Waals surface area (Å²) < 4.78 is 10.1. The van der Waals surface area contributed by atoms with Gasteiger partial charge in [-0.15, -0.1) is 0 Å². The summed E-state index contributed by atoms with van der Waals surface area (Å²) in [5, 5.41) is 0. The molecule has 0 aliphatic carbocycles. The number of nitrogen functional groups attached to an aromatic ring is 1. The standard InChI is InChI=1S/C12H17NO3/c1-3-15-7-8-16-12(14)10-6-4-5-9(2)11(10)13/h4-6H,3,7-8,13H2,1-2H3. The lowest BCUT2D eigenvalue weighted by molar-refractivity contribution is 0.0336. The van der Waals surface area contributed by atoms with Crippen molar-refractivity contribution in [2.45, 2.75) is 13.8 Å². The Balaban J connectivity index is 2.56. The van der Waals surface area contributed by atoms with E-state index in [9.17, 15) is 4.79 Å². The summed E-state index contributed by atoms with van der Waals surface area (Å²) in [6.07, 6.45) is 0. The van der Waals surface area contributed by atoms with Crippen molar-refractivity contribution in [3.05, 3.63) is 29.3 Å². The number of benzene rings is 1. The van der Waals surface area contributed by atoms with Crippen molar-refractivity contribution in [1.82, 2.24) is 0 Å². The van der Waals surface area contributed by atoms with Crippen LogP contribution >= 0.6 is 0 Å². The molecule has 0 amide bonds. The Morgan fingerprint density at radius 2 is 2.12 bits per heavy atom. The van der Waals surface area contributed by atoms with Crippen LogP contribution in [-0.2, 0) is 9.47 Å². The second-order valence-corrected chi connectivity index (χ2v) is 3.37. The van der Waals surface area contributed by atoms with E-state index in [-0.39, 0.29) is 6.61 Å². The van der Waals surface area contributed by atoms with Crippen molar-refractivity contribution in [3.63, 3.8) is 0 Å². The van der Waals surface area contributed by atoms with Gasteiger partial charge in [0.15, 0.2) is 0 Å². The van der Waals surface area contributed by atoms with E-state index in [1.807, 2.05) is 19.9 Å². The van der Waals surface area contributed by atoms with Crippen molar-refractivity contribution < 1.29 is 14.3 Å². The van der Waals surface area contributed by atoms with Gasteiger partial charge in [0.25, 0.3) is 0 Å². The molecule has 1 aromatic rings. The van der Waals surface area contributed by atoms with Crippen molar-refractivity contribution in [1.29, 1.82) is 0 Å². The van der Waals surface area contributed by atoms with Gasteiger partial charge in [-0.1, -0.05) is 12.1 Å². The number of anilines is 1. The van der Waals surface area contributed by atoms with E-state index in [0.717, 1.165) is 5.56 Å². The Labute approximate surface area is 95.3 Å². The summed E-state index contributed by atoms with van der Waals surface area (Å²) in [6, 6.07) is 5.29. The molecule has 4 heteroatoms. The van der Waals surface area contributed by atoms with Gasteiger partial charge in [-0.05, 0) is 25.5 Å². The molecule has 0 bridgehead atoms. The number of carbonyl (C=O) groups is 1. The molecule has 0 aliphatic rings. The fraction of sp³-hybridized carbons (Fsp3) is 0.417. The summed E-state index contributed by atoms with van der Waals surface area (Å²) >= 11 is 0. The smallest absolute Gasteiger partial charge is 0.340 e. The maximum atomic E-state index is 11.6. The van der Waals surface area contributed by atoms with E-state index in [4.69, 9.17) is 15.2 Å². The summed E-state index contributed by atoms with van der Waals surface area (Å²) in [6.45, 7) is 5.02. The van der Waals surface area contributed by atoms with Gasteiger partial charge in [0.2, 0.25) is 0 Å². The summed E-state index contributed by atoms with van der Waals surface area (Å²) in [4.78, 5) is 11.6. The van der Waals surface area contributed by atoms with E-state index < -0.39 is 5.97 Å². The zero-order valence-electron chi connectivity index (χ0n) is 9.66. The highest BCUT2D eigenvalue weighted by molar-refractivity contribution is 5.95. The molecular weight excluding hydrogens is 206 g/mol. The Hall–Kier alpha value is -1.55. The molecule has 1 rings (SSSR count). The quantitative estimate of drug-likeness (QED) is 0.469. The van der Waals surface area contributed by atoms with Crippen LogP contribution in [0.1, 0.15) is 22.8 Å². The average molecular weight is 223 g/mol. The average Bonchev–Trinajstić information content (AvgIpc) is 2.28. The molecule has 16 heavy (non-hydrogen) atoms. The number of carbonyl (C=O) groups excluding carboxylic acids is 1. The molecule has 4 nitrogen and oxygen atoms in total. The number of ether oxygens (including phenoxy) is 2. The molecular formula is C12H17NO3. The third-order valence-electron chi connectivity index (χ3n) is 2.21. The van der Waals surface area contributed by atoms with Gasteiger partial charge in [0.1, 0.15) is 6.61 Å². The normalized spacial score (nSPS) is 10.1. The maximum absolute atomic E-state index is 11.6. The van der Waals surface area contributed by atoms with Crippen LogP contribution in [0.2, 0.25) is 0 Å². The van der Waals surface area contributed by atoms with Crippen LogP contribution in [0.3, 0.4) is 0 Å². The first kappa shape index (κ1) is 12.5. The second kappa shape index (κ2) is 6.12. The van der Waals surface area contributed by atoms with Gasteiger partial charge < -0.3 is 15.2 Å². The molecule has 1 aromatic carbocycles. The van der Waals surface area contributed by atoms with E-state index in [1.54, 1.807) is 12.1 Å². The van der Waals surface area contributed by atoms with Crippen LogP contribution in [0, 0.1) is 6.92 Å². The second-order valence-electron chi connectivity index (χ2n) is 3.37. The first-order chi connectivity index (χ1) is 7.66. The number of hydrogen-bond donors (Lipinski definition) is 1. The Morgan fingerprint density at radius 3 is 2.81 bits per heavy atom. The van der Waals surface area contributed by atoms with Gasteiger partial charge in [0, 0.05) is 12.3 Å². The van der Waals surface area contributed by atoms with Crippen LogP contribution in [-0.4, -0.2) is 25.8 Å². The van der Waals surface area contributed by atoms with E-state index in [0.29, 0.717) is 24.5 Å². The highest BCUT2D eigenvalue weighted by Gasteiger charge is 2.11. The van der Waals surface area contributed by atoms with Gasteiger partial charge in [-0.2, -0.15) is 0 Å². The largest absolute Gasteiger partial charge is 0.460 e. The molecule has 0 saturated heterocycles. The van der Waals surface area contributed by atoms with E-state index in [2.05, 4.69) is 0 Å². The van der Waals surface area contributed by atoms with Gasteiger partial charge >= 0.3 is 5.97 Å². The minimum absolute atomic E-state index is 0.250. The molecule has 0 radical (unpaired) electrons. The third-order valence-corrected chi connectivity index (χ3v) is 2.21. The fourth-order valence-corrected chi connectivity index (χ4v) is 1.27. The number of rotatable bonds is 5. The monoisotopic (exact) mass is 223 g/mol. The summed E-state index contributed by atoms with van der Waals surface area (Å²) in [5.41, 5.74) is 7.55. The van der Waals surface area contributed by atoms with Gasteiger partial charge in [0.05, 0.1) is 12.2 Å². The zero-order valence-corrected chi connectivity index (χ0v) is 9.66. The van der Waals surface area contributed by atoms with E-state index in [1.165, 1.54) is 0 Å². The molecule has 2 N–H and O–H groups in total. The SMILES string of the molecule is CCOCCOC(=O)c1cccc(C)c1N. The van der Waals surface area contributed by atoms with Crippen molar-refractivity contribution >= 4 is 11.7 Å². The lowest BCUT2D eigenvalue weighted by Crippen LogP contribution is -2.13. The van der Waals surface area contributed by atoms with Crippen molar-refractivity contribution in [2.24, 2.45) is 0 Å². The number of esters is 1. The maximum Gasteiger partial charge on any atom is 0.340 e. The Bertz CT molecular complexity index is 363. The Kier molecular flexibility index (Phi) is 4.79. The lowest BCUT2D eigenvalue weighted by atomic mass is 10.1. The molecule has 0 heterocycles. The molecule has 0 aliphatic heterocycles. The first-order valence-corrected chi connectivity index (χ1v) is 5.26. The number of nitrogens with two attached hydrogens (primary N) is 1. The number of hydrogen-bond acceptors (Lipinski definition) is 4. The third kappa shape index (κ3) is 3.24. The predicted molar refractivity (Wildman–Crippen MR) is 62.4 cm³/mol. The Morgan fingerprint density at radius 1 is 1.38 bits per heavy atom. The van der Waals surface area contributed by atoms with Crippen LogP contribution in [0.4, 0.5) is 5.69 Å². The molecule has 88 valence electrons. The van der Waals surface area contributed by atoms with Crippen LogP contribution < -0.4 is 5.73 Å². The van der Waals surface area contributed by atoms with Gasteiger partial charge in [-0.25, -0.2) is 4.79 Å². The summed E-state index contributed by atoms with van der Waals surface area (Å²) in [5.74, 6) is -0.402. The topological polar surface area (TPSA) is 61.5 Å². The molecule has 0 atom stereocenters. The molecule has 0 saturated carbocycles. The van der Waals surface area contributed by atoms with E-state index >= 15 is 0 Å².